The van der Waals surface area contributed by atoms with Crippen LogP contribution in [0, 0.1) is 5.92 Å². The normalized spacial score (nSPS) is 28.3. The Morgan fingerprint density at radius 2 is 1.82 bits per heavy atom. The lowest BCUT2D eigenvalue weighted by Gasteiger charge is -2.39. The van der Waals surface area contributed by atoms with E-state index in [-0.39, 0.29) is 36.2 Å². The predicted molar refractivity (Wildman–Crippen MR) is 123 cm³/mol. The molecule has 3 rings (SSSR count). The lowest BCUT2D eigenvalue weighted by atomic mass is 10.0. The molecule has 0 aromatic carbocycles. The van der Waals surface area contributed by atoms with Crippen LogP contribution < -0.4 is 5.32 Å². The van der Waals surface area contributed by atoms with Crippen LogP contribution in [-0.4, -0.2) is 100 Å². The molecule has 0 aromatic heterocycles. The second kappa shape index (κ2) is 12.5. The maximum absolute atomic E-state index is 5.99. The summed E-state index contributed by atoms with van der Waals surface area (Å²) in [4.78, 5) is 9.46. The summed E-state index contributed by atoms with van der Waals surface area (Å²) in [5.74, 6) is 1.66. The van der Waals surface area contributed by atoms with Gasteiger partial charge in [-0.15, -0.1) is 24.0 Å². The summed E-state index contributed by atoms with van der Waals surface area (Å²) in [5, 5.41) is 3.65. The average Bonchev–Trinajstić information content (AvgIpc) is 3.23. The van der Waals surface area contributed by atoms with Crippen molar-refractivity contribution in [1.82, 2.24) is 15.1 Å². The Morgan fingerprint density at radius 3 is 2.46 bits per heavy atom. The van der Waals surface area contributed by atoms with Crippen molar-refractivity contribution >= 4 is 29.9 Å². The fourth-order valence-corrected chi connectivity index (χ4v) is 4.38. The molecule has 0 radical (unpaired) electrons. The minimum Gasteiger partial charge on any atom is -0.379 e. The molecule has 7 nitrogen and oxygen atoms in total. The first-order chi connectivity index (χ1) is 13.2. The number of hydrogen-bond acceptors (Lipinski definition) is 5. The highest BCUT2D eigenvalue weighted by Gasteiger charge is 2.32. The van der Waals surface area contributed by atoms with E-state index < -0.39 is 0 Å². The smallest absolute Gasteiger partial charge is 0.193 e. The minimum atomic E-state index is 0. The highest BCUT2D eigenvalue weighted by molar-refractivity contribution is 14.0. The quantitative estimate of drug-likeness (QED) is 0.334. The summed E-state index contributed by atoms with van der Waals surface area (Å²) in [6.07, 6.45) is 3.84. The molecule has 0 amide bonds. The molecule has 0 aromatic rings. The Hall–Kier alpha value is -0.160. The highest BCUT2D eigenvalue weighted by atomic mass is 127. The monoisotopic (exact) mass is 510 g/mol. The van der Waals surface area contributed by atoms with Gasteiger partial charge in [-0.05, 0) is 25.2 Å². The van der Waals surface area contributed by atoms with E-state index in [2.05, 4.69) is 34.0 Å². The Balaban J connectivity index is 0.00000280. The van der Waals surface area contributed by atoms with Gasteiger partial charge in [0.15, 0.2) is 5.96 Å². The molecular formula is C20H39IN4O3. The van der Waals surface area contributed by atoms with Crippen LogP contribution in [0.15, 0.2) is 4.99 Å². The Bertz CT molecular complexity index is 468. The van der Waals surface area contributed by atoms with E-state index in [0.29, 0.717) is 12.0 Å². The fourth-order valence-electron chi connectivity index (χ4n) is 4.38. The van der Waals surface area contributed by atoms with E-state index in [9.17, 15) is 0 Å². The van der Waals surface area contributed by atoms with Crippen LogP contribution in [0.5, 0.6) is 0 Å². The van der Waals surface area contributed by atoms with E-state index in [1.807, 2.05) is 7.05 Å². The highest BCUT2D eigenvalue weighted by Crippen LogP contribution is 2.21. The van der Waals surface area contributed by atoms with Gasteiger partial charge in [-0.2, -0.15) is 0 Å². The molecule has 3 heterocycles. The van der Waals surface area contributed by atoms with Crippen molar-refractivity contribution in [3.8, 4) is 0 Å². The average molecular weight is 510 g/mol. The first-order valence-electron chi connectivity index (χ1n) is 10.7. The third kappa shape index (κ3) is 6.97. The van der Waals surface area contributed by atoms with Gasteiger partial charge >= 0.3 is 0 Å². The lowest BCUT2D eigenvalue weighted by molar-refractivity contribution is -0.0817. The molecule has 28 heavy (non-hydrogen) atoms. The fraction of sp³-hybridized carbons (Fsp3) is 0.950. The Labute approximate surface area is 187 Å². The van der Waals surface area contributed by atoms with Gasteiger partial charge < -0.3 is 24.4 Å². The van der Waals surface area contributed by atoms with Crippen LogP contribution in [0.3, 0.4) is 0 Å². The van der Waals surface area contributed by atoms with Gasteiger partial charge in [0.1, 0.15) is 6.10 Å². The van der Waals surface area contributed by atoms with E-state index in [0.717, 1.165) is 78.0 Å². The van der Waals surface area contributed by atoms with E-state index in [4.69, 9.17) is 14.2 Å². The maximum atomic E-state index is 5.99. The summed E-state index contributed by atoms with van der Waals surface area (Å²) in [6.45, 7) is 12.6. The molecule has 0 bridgehead atoms. The third-order valence-corrected chi connectivity index (χ3v) is 5.79. The van der Waals surface area contributed by atoms with Gasteiger partial charge in [0.05, 0.1) is 25.9 Å². The number of hydrogen-bond donors (Lipinski definition) is 1. The molecule has 3 saturated heterocycles. The van der Waals surface area contributed by atoms with Crippen molar-refractivity contribution in [3.05, 3.63) is 0 Å². The molecule has 164 valence electrons. The predicted octanol–water partition coefficient (Wildman–Crippen LogP) is 1.81. The van der Waals surface area contributed by atoms with Crippen molar-refractivity contribution in [2.24, 2.45) is 10.9 Å². The zero-order valence-electron chi connectivity index (χ0n) is 17.8. The van der Waals surface area contributed by atoms with Crippen LogP contribution in [0.4, 0.5) is 0 Å². The summed E-state index contributed by atoms with van der Waals surface area (Å²) < 4.78 is 17.4. The first kappa shape index (κ1) is 24.1. The second-order valence-corrected chi connectivity index (χ2v) is 8.27. The van der Waals surface area contributed by atoms with Crippen molar-refractivity contribution < 1.29 is 14.2 Å². The molecule has 0 spiro atoms. The molecule has 3 aliphatic rings. The standard InChI is InChI=1S/C20H38N4O3.HI/c1-16(2)13-17(23-6-10-25-11-7-23)14-22-20(21-3)24-8-12-27-19(15-24)18-5-4-9-26-18;/h16-19H,4-15H2,1-3H3,(H,21,22);1H. The number of morpholine rings is 2. The number of halogens is 1. The van der Waals surface area contributed by atoms with Crippen LogP contribution in [0.25, 0.3) is 0 Å². The number of nitrogens with zero attached hydrogens (tertiary/aromatic N) is 3. The third-order valence-electron chi connectivity index (χ3n) is 5.79. The molecule has 3 aliphatic heterocycles. The summed E-state index contributed by atoms with van der Waals surface area (Å²) in [7, 11) is 1.88. The number of nitrogens with one attached hydrogen (secondary N) is 1. The second-order valence-electron chi connectivity index (χ2n) is 8.27. The number of guanidine groups is 1. The molecule has 3 atom stereocenters. The summed E-state index contributed by atoms with van der Waals surface area (Å²) >= 11 is 0. The Morgan fingerprint density at radius 1 is 1.07 bits per heavy atom. The molecule has 0 aliphatic carbocycles. The van der Waals surface area contributed by atoms with E-state index in [1.165, 1.54) is 6.42 Å². The van der Waals surface area contributed by atoms with Crippen molar-refractivity contribution in [1.29, 1.82) is 0 Å². The number of aliphatic imine (C=N–C) groups is 1. The van der Waals surface area contributed by atoms with Crippen LogP contribution in [0.1, 0.15) is 33.1 Å². The van der Waals surface area contributed by atoms with Crippen LogP contribution >= 0.6 is 24.0 Å². The zero-order valence-corrected chi connectivity index (χ0v) is 20.1. The number of ether oxygens (including phenoxy) is 3. The van der Waals surface area contributed by atoms with Crippen LogP contribution in [0.2, 0.25) is 0 Å². The number of rotatable bonds is 6. The van der Waals surface area contributed by atoms with Crippen molar-refractivity contribution in [3.63, 3.8) is 0 Å². The molecule has 3 fully saturated rings. The lowest BCUT2D eigenvalue weighted by Crippen LogP contribution is -2.56. The largest absolute Gasteiger partial charge is 0.379 e. The summed E-state index contributed by atoms with van der Waals surface area (Å²) in [6, 6.07) is 0.514. The van der Waals surface area contributed by atoms with Gasteiger partial charge in [-0.25, -0.2) is 0 Å². The van der Waals surface area contributed by atoms with Gasteiger partial charge in [0.25, 0.3) is 0 Å². The molecule has 8 heteroatoms. The van der Waals surface area contributed by atoms with Gasteiger partial charge in [-0.3, -0.25) is 9.89 Å². The molecule has 0 saturated carbocycles. The minimum absolute atomic E-state index is 0. The maximum Gasteiger partial charge on any atom is 0.193 e. The SMILES string of the molecule is CN=C(NCC(CC(C)C)N1CCOCC1)N1CCOC(C2CCCO2)C1.I. The van der Waals surface area contributed by atoms with Gasteiger partial charge in [0.2, 0.25) is 0 Å². The molecule has 1 N–H and O–H groups in total. The summed E-state index contributed by atoms with van der Waals surface area (Å²) in [5.41, 5.74) is 0. The van der Waals surface area contributed by atoms with Gasteiger partial charge in [-0.1, -0.05) is 13.8 Å². The molecule has 3 unspecified atom stereocenters. The van der Waals surface area contributed by atoms with E-state index >= 15 is 0 Å². The van der Waals surface area contributed by atoms with Crippen molar-refractivity contribution in [2.45, 2.75) is 51.4 Å². The first-order valence-corrected chi connectivity index (χ1v) is 10.7. The van der Waals surface area contributed by atoms with E-state index in [1.54, 1.807) is 0 Å². The Kier molecular flexibility index (Phi) is 10.8. The van der Waals surface area contributed by atoms with Gasteiger partial charge in [0, 0.05) is 52.4 Å². The zero-order chi connectivity index (χ0) is 19.1. The van der Waals surface area contributed by atoms with Crippen molar-refractivity contribution in [2.75, 3.05) is 66.2 Å². The molecular weight excluding hydrogens is 471 g/mol. The van der Waals surface area contributed by atoms with Crippen LogP contribution in [-0.2, 0) is 14.2 Å². The topological polar surface area (TPSA) is 58.6 Å².